The molecule has 2 aromatic carbocycles. The predicted octanol–water partition coefficient (Wildman–Crippen LogP) is 4.28. The molecule has 1 N–H and O–H groups in total. The average Bonchev–Trinajstić information content (AvgIpc) is 2.41. The Morgan fingerprint density at radius 2 is 1.85 bits per heavy atom. The third kappa shape index (κ3) is 3.58. The van der Waals surface area contributed by atoms with E-state index < -0.39 is 6.10 Å². The van der Waals surface area contributed by atoms with Crippen molar-refractivity contribution in [1.82, 2.24) is 0 Å². The molecule has 0 amide bonds. The maximum atomic E-state index is 12.9. The summed E-state index contributed by atoms with van der Waals surface area (Å²) in [5, 5.41) is 9.57. The second-order valence-corrected chi connectivity index (χ2v) is 5.72. The molecule has 0 radical (unpaired) electrons. The summed E-state index contributed by atoms with van der Waals surface area (Å²) in [7, 11) is 1.98. The van der Waals surface area contributed by atoms with Gasteiger partial charge in [-0.05, 0) is 58.2 Å². The lowest BCUT2D eigenvalue weighted by Crippen LogP contribution is -2.17. The SMILES string of the molecule is CC(O)c1ccc(N(C)Cc2ccc(F)cc2)c(Br)c1. The topological polar surface area (TPSA) is 23.5 Å². The van der Waals surface area contributed by atoms with Crippen molar-refractivity contribution in [3.05, 3.63) is 63.9 Å². The Labute approximate surface area is 127 Å². The van der Waals surface area contributed by atoms with Crippen LogP contribution in [0.5, 0.6) is 0 Å². The standard InChI is InChI=1S/C16H17BrFNO/c1-11(20)13-5-8-16(15(17)9-13)19(2)10-12-3-6-14(18)7-4-12/h3-9,11,20H,10H2,1-2H3. The minimum atomic E-state index is -0.484. The molecule has 0 spiro atoms. The number of anilines is 1. The van der Waals surface area contributed by atoms with Crippen molar-refractivity contribution in [3.63, 3.8) is 0 Å². The Hall–Kier alpha value is -1.39. The Balaban J connectivity index is 2.16. The molecule has 2 rings (SSSR count). The largest absolute Gasteiger partial charge is 0.389 e. The monoisotopic (exact) mass is 337 g/mol. The third-order valence-corrected chi connectivity index (χ3v) is 3.83. The van der Waals surface area contributed by atoms with E-state index in [-0.39, 0.29) is 5.82 Å². The molecular formula is C16H17BrFNO. The summed E-state index contributed by atoms with van der Waals surface area (Å²) in [6.07, 6.45) is -0.484. The van der Waals surface area contributed by atoms with Crippen molar-refractivity contribution in [1.29, 1.82) is 0 Å². The Bertz CT molecular complexity index is 584. The van der Waals surface area contributed by atoms with E-state index in [9.17, 15) is 9.50 Å². The molecule has 0 fully saturated rings. The number of rotatable bonds is 4. The number of halogens is 2. The number of hydrogen-bond acceptors (Lipinski definition) is 2. The minimum absolute atomic E-state index is 0.223. The van der Waals surface area contributed by atoms with Gasteiger partial charge < -0.3 is 10.0 Å². The molecule has 0 aromatic heterocycles. The molecule has 20 heavy (non-hydrogen) atoms. The van der Waals surface area contributed by atoms with Gasteiger partial charge in [0.05, 0.1) is 11.8 Å². The van der Waals surface area contributed by atoms with Crippen molar-refractivity contribution in [2.24, 2.45) is 0 Å². The van der Waals surface area contributed by atoms with E-state index >= 15 is 0 Å². The van der Waals surface area contributed by atoms with E-state index in [1.165, 1.54) is 12.1 Å². The molecule has 0 heterocycles. The quantitative estimate of drug-likeness (QED) is 0.900. The van der Waals surface area contributed by atoms with Gasteiger partial charge in [0.25, 0.3) is 0 Å². The average molecular weight is 338 g/mol. The summed E-state index contributed by atoms with van der Waals surface area (Å²) in [6, 6.07) is 12.3. The number of aliphatic hydroxyl groups excluding tert-OH is 1. The van der Waals surface area contributed by atoms with Crippen LogP contribution >= 0.6 is 15.9 Å². The molecule has 1 unspecified atom stereocenters. The molecule has 106 valence electrons. The highest BCUT2D eigenvalue weighted by Gasteiger charge is 2.09. The molecule has 2 aromatic rings. The van der Waals surface area contributed by atoms with Gasteiger partial charge in [-0.25, -0.2) is 4.39 Å². The van der Waals surface area contributed by atoms with Gasteiger partial charge in [-0.15, -0.1) is 0 Å². The highest BCUT2D eigenvalue weighted by Crippen LogP contribution is 2.29. The number of benzene rings is 2. The molecule has 0 aliphatic heterocycles. The van der Waals surface area contributed by atoms with Crippen LogP contribution < -0.4 is 4.90 Å². The zero-order valence-electron chi connectivity index (χ0n) is 11.5. The lowest BCUT2D eigenvalue weighted by atomic mass is 10.1. The van der Waals surface area contributed by atoms with E-state index in [4.69, 9.17) is 0 Å². The first-order valence-corrected chi connectivity index (χ1v) is 7.20. The summed E-state index contributed by atoms with van der Waals surface area (Å²) >= 11 is 3.53. The first kappa shape index (κ1) is 15.0. The first-order chi connectivity index (χ1) is 9.47. The van der Waals surface area contributed by atoms with Crippen molar-refractivity contribution >= 4 is 21.6 Å². The Morgan fingerprint density at radius 1 is 1.20 bits per heavy atom. The first-order valence-electron chi connectivity index (χ1n) is 6.40. The van der Waals surface area contributed by atoms with Crippen molar-refractivity contribution in [2.45, 2.75) is 19.6 Å². The van der Waals surface area contributed by atoms with Gasteiger partial charge in [0.1, 0.15) is 5.82 Å². The van der Waals surface area contributed by atoms with Crippen LogP contribution in [0.2, 0.25) is 0 Å². The van der Waals surface area contributed by atoms with E-state index in [1.54, 1.807) is 19.1 Å². The van der Waals surface area contributed by atoms with Crippen LogP contribution in [0, 0.1) is 5.82 Å². The van der Waals surface area contributed by atoms with E-state index in [1.807, 2.05) is 25.2 Å². The fraction of sp³-hybridized carbons (Fsp3) is 0.250. The number of hydrogen-bond donors (Lipinski definition) is 1. The summed E-state index contributed by atoms with van der Waals surface area (Å²) in [5.41, 5.74) is 2.94. The molecule has 0 aliphatic carbocycles. The lowest BCUT2D eigenvalue weighted by Gasteiger charge is -2.21. The van der Waals surface area contributed by atoms with Crippen molar-refractivity contribution in [2.75, 3.05) is 11.9 Å². The summed E-state index contributed by atoms with van der Waals surface area (Å²) in [6.45, 7) is 2.43. The van der Waals surface area contributed by atoms with Crippen LogP contribution in [-0.4, -0.2) is 12.2 Å². The summed E-state index contributed by atoms with van der Waals surface area (Å²) in [4.78, 5) is 2.07. The summed E-state index contributed by atoms with van der Waals surface area (Å²) in [5.74, 6) is -0.223. The molecule has 0 saturated carbocycles. The fourth-order valence-corrected chi connectivity index (χ4v) is 2.74. The van der Waals surface area contributed by atoms with Crippen molar-refractivity contribution < 1.29 is 9.50 Å². The van der Waals surface area contributed by atoms with E-state index in [2.05, 4.69) is 20.8 Å². The molecule has 0 bridgehead atoms. The van der Waals surface area contributed by atoms with E-state index in [0.29, 0.717) is 6.54 Å². The van der Waals surface area contributed by atoms with Crippen molar-refractivity contribution in [3.8, 4) is 0 Å². The fourth-order valence-electron chi connectivity index (χ4n) is 2.04. The zero-order chi connectivity index (χ0) is 14.7. The number of nitrogens with zero attached hydrogens (tertiary/aromatic N) is 1. The van der Waals surface area contributed by atoms with Gasteiger partial charge in [-0.3, -0.25) is 0 Å². The Morgan fingerprint density at radius 3 is 2.40 bits per heavy atom. The molecular weight excluding hydrogens is 321 g/mol. The van der Waals surface area contributed by atoms with Crippen LogP contribution in [-0.2, 0) is 6.54 Å². The van der Waals surface area contributed by atoms with Crippen LogP contribution in [0.3, 0.4) is 0 Å². The number of aliphatic hydroxyl groups is 1. The highest BCUT2D eigenvalue weighted by molar-refractivity contribution is 9.10. The van der Waals surface area contributed by atoms with Gasteiger partial charge in [0.2, 0.25) is 0 Å². The molecule has 0 aliphatic rings. The van der Waals surface area contributed by atoms with Gasteiger partial charge >= 0.3 is 0 Å². The predicted molar refractivity (Wildman–Crippen MR) is 83.3 cm³/mol. The second-order valence-electron chi connectivity index (χ2n) is 4.87. The van der Waals surface area contributed by atoms with Crippen LogP contribution in [0.15, 0.2) is 46.9 Å². The molecule has 2 nitrogen and oxygen atoms in total. The zero-order valence-corrected chi connectivity index (χ0v) is 13.1. The van der Waals surface area contributed by atoms with Gasteiger partial charge in [-0.1, -0.05) is 18.2 Å². The van der Waals surface area contributed by atoms with Crippen LogP contribution in [0.4, 0.5) is 10.1 Å². The second kappa shape index (κ2) is 6.37. The third-order valence-electron chi connectivity index (χ3n) is 3.20. The molecule has 4 heteroatoms. The highest BCUT2D eigenvalue weighted by atomic mass is 79.9. The minimum Gasteiger partial charge on any atom is -0.389 e. The van der Waals surface area contributed by atoms with Gasteiger partial charge in [0, 0.05) is 18.1 Å². The maximum Gasteiger partial charge on any atom is 0.123 e. The van der Waals surface area contributed by atoms with Gasteiger partial charge in [0.15, 0.2) is 0 Å². The van der Waals surface area contributed by atoms with E-state index in [0.717, 1.165) is 21.3 Å². The normalized spacial score (nSPS) is 12.2. The van der Waals surface area contributed by atoms with Crippen LogP contribution in [0.1, 0.15) is 24.2 Å². The van der Waals surface area contributed by atoms with Crippen LogP contribution in [0.25, 0.3) is 0 Å². The molecule has 1 atom stereocenters. The molecule has 0 saturated heterocycles. The maximum absolute atomic E-state index is 12.9. The smallest absolute Gasteiger partial charge is 0.123 e. The van der Waals surface area contributed by atoms with Gasteiger partial charge in [-0.2, -0.15) is 0 Å². The Kier molecular flexibility index (Phi) is 4.78. The summed E-state index contributed by atoms with van der Waals surface area (Å²) < 4.78 is 13.8. The lowest BCUT2D eigenvalue weighted by molar-refractivity contribution is 0.199.